The molecule has 0 unspecified atom stereocenters. The molecule has 0 aliphatic rings. The van der Waals surface area contributed by atoms with Gasteiger partial charge in [0.25, 0.3) is 0 Å². The van der Waals surface area contributed by atoms with Gasteiger partial charge in [-0.15, -0.1) is 0 Å². The zero-order valence-corrected chi connectivity index (χ0v) is 13.9. The van der Waals surface area contributed by atoms with Crippen molar-refractivity contribution in [3.63, 3.8) is 0 Å². The fourth-order valence-corrected chi connectivity index (χ4v) is 2.22. The lowest BCUT2D eigenvalue weighted by molar-refractivity contribution is -0.104. The second kappa shape index (κ2) is 8.59. The average Bonchev–Trinajstić information content (AvgIpc) is 2.60. The molecule has 2 aromatic carbocycles. The van der Waals surface area contributed by atoms with Crippen LogP contribution < -0.4 is 0 Å². The Hall–Kier alpha value is -3.00. The van der Waals surface area contributed by atoms with E-state index in [0.29, 0.717) is 11.1 Å². The summed E-state index contributed by atoms with van der Waals surface area (Å²) in [6.45, 7) is 4.01. The molecule has 0 atom stereocenters. The maximum absolute atomic E-state index is 11.3. The first-order valence-electron chi connectivity index (χ1n) is 7.77. The lowest BCUT2D eigenvalue weighted by Gasteiger charge is -2.00. The Balaban J connectivity index is 2.18. The van der Waals surface area contributed by atoms with Gasteiger partial charge in [0.15, 0.2) is 12.6 Å². The van der Waals surface area contributed by atoms with Gasteiger partial charge in [-0.1, -0.05) is 84.0 Å². The molecule has 0 amide bonds. The number of rotatable bonds is 6. The molecule has 0 fully saturated rings. The van der Waals surface area contributed by atoms with E-state index in [0.717, 1.165) is 34.8 Å². The molecular weight excluding hydrogens is 296 g/mol. The van der Waals surface area contributed by atoms with Gasteiger partial charge in [0, 0.05) is 11.1 Å². The van der Waals surface area contributed by atoms with E-state index in [4.69, 9.17) is 0 Å². The molecule has 120 valence electrons. The van der Waals surface area contributed by atoms with Gasteiger partial charge in [-0.05, 0) is 25.0 Å². The first-order chi connectivity index (χ1) is 11.6. The molecule has 0 saturated carbocycles. The minimum atomic E-state index is 0.600. The molecule has 0 N–H and O–H groups in total. The summed E-state index contributed by atoms with van der Waals surface area (Å²) in [4.78, 5) is 22.5. The number of aldehydes is 2. The van der Waals surface area contributed by atoms with Crippen LogP contribution in [0.1, 0.15) is 22.3 Å². The Labute approximate surface area is 142 Å². The number of carbonyl (C=O) groups is 2. The van der Waals surface area contributed by atoms with Crippen molar-refractivity contribution in [3.8, 4) is 0 Å². The Morgan fingerprint density at radius 3 is 1.25 bits per heavy atom. The molecule has 0 bridgehead atoms. The van der Waals surface area contributed by atoms with Gasteiger partial charge in [0.1, 0.15) is 0 Å². The standard InChI is InChI=1S/C22H20O2/c1-17-7-11-19(12-8-17)21(15-23)5-3-4-6-22(16-24)20-13-9-18(2)10-14-20/h3-16H,1-2H3. The minimum Gasteiger partial charge on any atom is -0.298 e. The van der Waals surface area contributed by atoms with Crippen LogP contribution in [-0.2, 0) is 9.59 Å². The van der Waals surface area contributed by atoms with Crippen molar-refractivity contribution in [1.29, 1.82) is 0 Å². The van der Waals surface area contributed by atoms with E-state index in [1.54, 1.807) is 24.3 Å². The van der Waals surface area contributed by atoms with Crippen LogP contribution in [0.2, 0.25) is 0 Å². The fourth-order valence-electron chi connectivity index (χ4n) is 2.22. The molecule has 24 heavy (non-hydrogen) atoms. The summed E-state index contributed by atoms with van der Waals surface area (Å²) >= 11 is 0. The Morgan fingerprint density at radius 1 is 0.625 bits per heavy atom. The van der Waals surface area contributed by atoms with Gasteiger partial charge in [-0.25, -0.2) is 0 Å². The van der Waals surface area contributed by atoms with E-state index in [9.17, 15) is 9.59 Å². The van der Waals surface area contributed by atoms with Crippen LogP contribution in [0.3, 0.4) is 0 Å². The number of carbonyl (C=O) groups excluding carboxylic acids is 2. The van der Waals surface area contributed by atoms with Crippen LogP contribution in [0.25, 0.3) is 11.1 Å². The molecule has 0 aliphatic heterocycles. The van der Waals surface area contributed by atoms with Crippen molar-refractivity contribution >= 4 is 23.7 Å². The van der Waals surface area contributed by atoms with Crippen molar-refractivity contribution in [2.24, 2.45) is 0 Å². The number of hydrogen-bond acceptors (Lipinski definition) is 2. The number of hydrogen-bond donors (Lipinski definition) is 0. The van der Waals surface area contributed by atoms with Crippen molar-refractivity contribution in [3.05, 3.63) is 95.1 Å². The SMILES string of the molecule is Cc1ccc(C(C=O)=CC=CC=C(C=O)c2ccc(C)cc2)cc1. The van der Waals surface area contributed by atoms with E-state index < -0.39 is 0 Å². The van der Waals surface area contributed by atoms with Gasteiger partial charge < -0.3 is 0 Å². The zero-order chi connectivity index (χ0) is 17.4. The van der Waals surface area contributed by atoms with E-state index in [-0.39, 0.29) is 0 Å². The summed E-state index contributed by atoms with van der Waals surface area (Å²) in [7, 11) is 0. The number of benzene rings is 2. The molecule has 0 saturated heterocycles. The Kier molecular flexibility index (Phi) is 6.21. The highest BCUT2D eigenvalue weighted by Crippen LogP contribution is 2.15. The Bertz CT molecular complexity index is 719. The predicted molar refractivity (Wildman–Crippen MR) is 99.6 cm³/mol. The summed E-state index contributed by atoms with van der Waals surface area (Å²) in [6, 6.07) is 15.6. The van der Waals surface area contributed by atoms with Crippen LogP contribution >= 0.6 is 0 Å². The van der Waals surface area contributed by atoms with Gasteiger partial charge >= 0.3 is 0 Å². The highest BCUT2D eigenvalue weighted by Gasteiger charge is 1.99. The lowest BCUT2D eigenvalue weighted by Crippen LogP contribution is -1.86. The zero-order valence-electron chi connectivity index (χ0n) is 13.9. The van der Waals surface area contributed by atoms with Crippen LogP contribution in [-0.4, -0.2) is 12.6 Å². The maximum atomic E-state index is 11.3. The molecule has 0 heterocycles. The summed E-state index contributed by atoms with van der Waals surface area (Å²) in [6.07, 6.45) is 8.68. The van der Waals surface area contributed by atoms with Gasteiger partial charge in [-0.3, -0.25) is 9.59 Å². The molecule has 0 aromatic heterocycles. The topological polar surface area (TPSA) is 34.1 Å². The van der Waals surface area contributed by atoms with Crippen molar-refractivity contribution in [2.45, 2.75) is 13.8 Å². The van der Waals surface area contributed by atoms with Crippen LogP contribution in [0.15, 0.2) is 72.8 Å². The minimum absolute atomic E-state index is 0.600. The largest absolute Gasteiger partial charge is 0.298 e. The quantitative estimate of drug-likeness (QED) is 0.439. The fraction of sp³-hybridized carbons (Fsp3) is 0.0909. The summed E-state index contributed by atoms with van der Waals surface area (Å²) < 4.78 is 0. The lowest BCUT2D eigenvalue weighted by atomic mass is 10.0. The monoisotopic (exact) mass is 316 g/mol. The van der Waals surface area contributed by atoms with E-state index >= 15 is 0 Å². The van der Waals surface area contributed by atoms with Crippen molar-refractivity contribution < 1.29 is 9.59 Å². The molecule has 2 aromatic rings. The smallest absolute Gasteiger partial charge is 0.150 e. The van der Waals surface area contributed by atoms with E-state index in [2.05, 4.69) is 0 Å². The molecule has 2 rings (SSSR count). The third kappa shape index (κ3) is 4.75. The highest BCUT2D eigenvalue weighted by molar-refractivity contribution is 6.08. The van der Waals surface area contributed by atoms with E-state index in [1.807, 2.05) is 62.4 Å². The van der Waals surface area contributed by atoms with Gasteiger partial charge in [-0.2, -0.15) is 0 Å². The molecule has 0 spiro atoms. The normalized spacial score (nSPS) is 12.4. The second-order valence-corrected chi connectivity index (χ2v) is 5.60. The molecule has 2 heteroatoms. The van der Waals surface area contributed by atoms with Gasteiger partial charge in [0.2, 0.25) is 0 Å². The predicted octanol–water partition coefficient (Wildman–Crippen LogP) is 4.72. The van der Waals surface area contributed by atoms with Crippen LogP contribution in [0, 0.1) is 13.8 Å². The van der Waals surface area contributed by atoms with Gasteiger partial charge in [0.05, 0.1) is 0 Å². The van der Waals surface area contributed by atoms with Crippen LogP contribution in [0.4, 0.5) is 0 Å². The maximum Gasteiger partial charge on any atom is 0.150 e. The highest BCUT2D eigenvalue weighted by atomic mass is 16.1. The Morgan fingerprint density at radius 2 is 0.958 bits per heavy atom. The molecular formula is C22H20O2. The summed E-state index contributed by atoms with van der Waals surface area (Å²) in [5.74, 6) is 0. The molecule has 2 nitrogen and oxygen atoms in total. The number of aryl methyl sites for hydroxylation is 2. The first kappa shape index (κ1) is 17.4. The van der Waals surface area contributed by atoms with Crippen molar-refractivity contribution in [2.75, 3.05) is 0 Å². The van der Waals surface area contributed by atoms with Crippen molar-refractivity contribution in [1.82, 2.24) is 0 Å². The average molecular weight is 316 g/mol. The van der Waals surface area contributed by atoms with Crippen LogP contribution in [0.5, 0.6) is 0 Å². The molecule has 0 radical (unpaired) electrons. The first-order valence-corrected chi connectivity index (χ1v) is 7.77. The second-order valence-electron chi connectivity index (χ2n) is 5.60. The van der Waals surface area contributed by atoms with E-state index in [1.165, 1.54) is 0 Å². The third-order valence-electron chi connectivity index (χ3n) is 3.69. The number of allylic oxidation sites excluding steroid dienone is 6. The summed E-state index contributed by atoms with van der Waals surface area (Å²) in [5, 5.41) is 0. The molecule has 0 aliphatic carbocycles. The summed E-state index contributed by atoms with van der Waals surface area (Å²) in [5.41, 5.74) is 5.24. The third-order valence-corrected chi connectivity index (χ3v) is 3.69.